The van der Waals surface area contributed by atoms with Gasteiger partial charge in [-0.1, -0.05) is 19.1 Å². The normalized spacial score (nSPS) is 25.7. The number of fused-ring (bicyclic) bond motifs is 1. The van der Waals surface area contributed by atoms with Crippen LogP contribution in [0.15, 0.2) is 24.3 Å². The van der Waals surface area contributed by atoms with E-state index in [2.05, 4.69) is 10.6 Å². The van der Waals surface area contributed by atoms with Crippen LogP contribution in [0.2, 0.25) is 0 Å². The van der Waals surface area contributed by atoms with E-state index in [0.717, 1.165) is 11.4 Å². The summed E-state index contributed by atoms with van der Waals surface area (Å²) in [5.41, 5.74) is 1.87. The van der Waals surface area contributed by atoms with E-state index in [-0.39, 0.29) is 17.9 Å². The molecule has 0 fully saturated rings. The molecule has 0 radical (unpaired) electrons. The van der Waals surface area contributed by atoms with Gasteiger partial charge in [0.15, 0.2) is 0 Å². The Morgan fingerprint density at radius 3 is 2.50 bits per heavy atom. The molecule has 1 amide bonds. The highest BCUT2D eigenvalue weighted by Gasteiger charge is 2.24. The number of para-hydroxylation sites is 2. The van der Waals surface area contributed by atoms with Crippen LogP contribution < -0.4 is 10.6 Å². The third-order valence-electron chi connectivity index (χ3n) is 2.73. The lowest BCUT2D eigenvalue weighted by Gasteiger charge is -2.16. The second-order valence-electron chi connectivity index (χ2n) is 3.76. The highest BCUT2D eigenvalue weighted by Crippen LogP contribution is 2.27. The fourth-order valence-corrected chi connectivity index (χ4v) is 1.56. The first kappa shape index (κ1) is 9.06. The maximum absolute atomic E-state index is 11.6. The SMILES string of the molecule is C[C@@H]1C(=O)Nc2ccccc2N[C@@H]1C. The van der Waals surface area contributed by atoms with Crippen molar-refractivity contribution in [2.24, 2.45) is 5.92 Å². The second kappa shape index (κ2) is 3.33. The molecule has 0 saturated carbocycles. The summed E-state index contributed by atoms with van der Waals surface area (Å²) < 4.78 is 0. The lowest BCUT2D eigenvalue weighted by Crippen LogP contribution is -2.30. The number of hydrogen-bond donors (Lipinski definition) is 2. The summed E-state index contributed by atoms with van der Waals surface area (Å²) in [7, 11) is 0. The first-order chi connectivity index (χ1) is 6.68. The summed E-state index contributed by atoms with van der Waals surface area (Å²) in [6, 6.07) is 7.93. The van der Waals surface area contributed by atoms with E-state index >= 15 is 0 Å². The highest BCUT2D eigenvalue weighted by atomic mass is 16.1. The lowest BCUT2D eigenvalue weighted by molar-refractivity contribution is -0.119. The standard InChI is InChI=1S/C11H14N2O/c1-7-8(2)12-9-5-3-4-6-10(9)13-11(7)14/h3-8,12H,1-2H3,(H,13,14)/t7-,8+/m0/s1. The first-order valence-corrected chi connectivity index (χ1v) is 4.85. The second-order valence-corrected chi connectivity index (χ2v) is 3.76. The Kier molecular flexibility index (Phi) is 2.15. The van der Waals surface area contributed by atoms with Gasteiger partial charge in [-0.25, -0.2) is 0 Å². The predicted molar refractivity (Wildman–Crippen MR) is 57.3 cm³/mol. The fraction of sp³-hybridized carbons (Fsp3) is 0.364. The van der Waals surface area contributed by atoms with Crippen molar-refractivity contribution in [2.45, 2.75) is 19.9 Å². The molecule has 2 atom stereocenters. The van der Waals surface area contributed by atoms with E-state index in [9.17, 15) is 4.79 Å². The molecule has 1 aliphatic rings. The molecule has 2 N–H and O–H groups in total. The van der Waals surface area contributed by atoms with Crippen molar-refractivity contribution in [3.05, 3.63) is 24.3 Å². The van der Waals surface area contributed by atoms with Gasteiger partial charge in [-0.3, -0.25) is 4.79 Å². The van der Waals surface area contributed by atoms with E-state index < -0.39 is 0 Å². The van der Waals surface area contributed by atoms with Gasteiger partial charge >= 0.3 is 0 Å². The Morgan fingerprint density at radius 1 is 1.14 bits per heavy atom. The van der Waals surface area contributed by atoms with Crippen molar-refractivity contribution in [1.82, 2.24) is 0 Å². The van der Waals surface area contributed by atoms with Crippen LogP contribution in [0.1, 0.15) is 13.8 Å². The molecule has 74 valence electrons. The number of carbonyl (C=O) groups is 1. The molecule has 3 heteroatoms. The molecule has 14 heavy (non-hydrogen) atoms. The van der Waals surface area contributed by atoms with Gasteiger partial charge in [0.05, 0.1) is 17.3 Å². The van der Waals surface area contributed by atoms with Gasteiger partial charge in [-0.2, -0.15) is 0 Å². The van der Waals surface area contributed by atoms with E-state index in [1.807, 2.05) is 38.1 Å². The molecule has 1 aromatic rings. The van der Waals surface area contributed by atoms with Crippen molar-refractivity contribution in [3.8, 4) is 0 Å². The lowest BCUT2D eigenvalue weighted by atomic mass is 10.0. The van der Waals surface area contributed by atoms with Crippen LogP contribution in [0.4, 0.5) is 11.4 Å². The third-order valence-corrected chi connectivity index (χ3v) is 2.73. The molecule has 0 unspecified atom stereocenters. The largest absolute Gasteiger partial charge is 0.380 e. The monoisotopic (exact) mass is 190 g/mol. The molecule has 0 aliphatic carbocycles. The number of nitrogens with one attached hydrogen (secondary N) is 2. The van der Waals surface area contributed by atoms with Gasteiger partial charge in [-0.15, -0.1) is 0 Å². The van der Waals surface area contributed by atoms with Gasteiger partial charge in [0.25, 0.3) is 0 Å². The van der Waals surface area contributed by atoms with Gasteiger partial charge in [0.2, 0.25) is 5.91 Å². The Bertz CT molecular complexity index is 362. The Balaban J connectivity index is 2.39. The van der Waals surface area contributed by atoms with Crippen molar-refractivity contribution in [3.63, 3.8) is 0 Å². The molecule has 0 spiro atoms. The number of hydrogen-bond acceptors (Lipinski definition) is 2. The Morgan fingerprint density at radius 2 is 1.79 bits per heavy atom. The van der Waals surface area contributed by atoms with Crippen LogP contribution in [-0.2, 0) is 4.79 Å². The molecular formula is C11H14N2O. The van der Waals surface area contributed by atoms with Crippen molar-refractivity contribution >= 4 is 17.3 Å². The Labute approximate surface area is 83.5 Å². The van der Waals surface area contributed by atoms with Gasteiger partial charge in [0.1, 0.15) is 0 Å². The molecule has 0 bridgehead atoms. The summed E-state index contributed by atoms with van der Waals surface area (Å²) in [6.45, 7) is 3.95. The summed E-state index contributed by atoms with van der Waals surface area (Å²) in [4.78, 5) is 11.6. The highest BCUT2D eigenvalue weighted by molar-refractivity contribution is 5.97. The Hall–Kier alpha value is -1.51. The maximum Gasteiger partial charge on any atom is 0.229 e. The number of carbonyl (C=O) groups excluding carboxylic acids is 1. The smallest absolute Gasteiger partial charge is 0.229 e. The van der Waals surface area contributed by atoms with E-state index in [1.165, 1.54) is 0 Å². The molecule has 1 heterocycles. The van der Waals surface area contributed by atoms with E-state index in [4.69, 9.17) is 0 Å². The minimum absolute atomic E-state index is 0.0117. The number of anilines is 2. The van der Waals surface area contributed by atoms with Crippen LogP contribution in [0.3, 0.4) is 0 Å². The molecule has 2 rings (SSSR count). The maximum atomic E-state index is 11.6. The van der Waals surface area contributed by atoms with Crippen LogP contribution >= 0.6 is 0 Å². The minimum atomic E-state index is -0.0117. The van der Waals surface area contributed by atoms with Gasteiger partial charge < -0.3 is 10.6 Å². The molecule has 0 saturated heterocycles. The predicted octanol–water partition coefficient (Wildman–Crippen LogP) is 2.08. The zero-order valence-electron chi connectivity index (χ0n) is 8.37. The van der Waals surface area contributed by atoms with Crippen LogP contribution in [0.5, 0.6) is 0 Å². The average Bonchev–Trinajstić information content (AvgIpc) is 2.28. The van der Waals surface area contributed by atoms with Crippen LogP contribution in [0.25, 0.3) is 0 Å². The first-order valence-electron chi connectivity index (χ1n) is 4.85. The molecule has 3 nitrogen and oxygen atoms in total. The fourth-order valence-electron chi connectivity index (χ4n) is 1.56. The molecule has 0 aromatic heterocycles. The molecule has 1 aliphatic heterocycles. The van der Waals surface area contributed by atoms with E-state index in [1.54, 1.807) is 0 Å². The van der Waals surface area contributed by atoms with Crippen LogP contribution in [-0.4, -0.2) is 11.9 Å². The number of amides is 1. The topological polar surface area (TPSA) is 41.1 Å². The summed E-state index contributed by atoms with van der Waals surface area (Å²) in [5.74, 6) is 0.0670. The quantitative estimate of drug-likeness (QED) is 0.657. The van der Waals surface area contributed by atoms with Gasteiger partial charge in [-0.05, 0) is 19.1 Å². The summed E-state index contributed by atoms with van der Waals surface area (Å²) >= 11 is 0. The summed E-state index contributed by atoms with van der Waals surface area (Å²) in [6.07, 6.45) is 0. The van der Waals surface area contributed by atoms with Crippen molar-refractivity contribution < 1.29 is 4.79 Å². The number of rotatable bonds is 0. The molecule has 1 aromatic carbocycles. The minimum Gasteiger partial charge on any atom is -0.380 e. The number of benzene rings is 1. The summed E-state index contributed by atoms with van der Waals surface area (Å²) in [5, 5.41) is 6.22. The van der Waals surface area contributed by atoms with Gasteiger partial charge in [0, 0.05) is 6.04 Å². The average molecular weight is 190 g/mol. The van der Waals surface area contributed by atoms with Crippen LogP contribution in [0, 0.1) is 5.92 Å². The zero-order chi connectivity index (χ0) is 10.1. The van der Waals surface area contributed by atoms with Crippen molar-refractivity contribution in [1.29, 1.82) is 0 Å². The third kappa shape index (κ3) is 1.45. The molecular weight excluding hydrogens is 176 g/mol. The van der Waals surface area contributed by atoms with Crippen molar-refractivity contribution in [2.75, 3.05) is 10.6 Å². The zero-order valence-corrected chi connectivity index (χ0v) is 8.37. The van der Waals surface area contributed by atoms with E-state index in [0.29, 0.717) is 0 Å².